The average Bonchev–Trinajstić information content (AvgIpc) is 2.19. The lowest BCUT2D eigenvalue weighted by molar-refractivity contribution is 0.952. The minimum Gasteiger partial charge on any atom is -0.127 e. The maximum atomic E-state index is 3.45. The largest absolute Gasteiger partial charge is 0.129 e. The van der Waals surface area contributed by atoms with E-state index >= 15 is 0 Å². The molecule has 0 nitrogen and oxygen atoms in total. The van der Waals surface area contributed by atoms with E-state index < -0.39 is 8.07 Å². The standard InChI is InChI=1S/C16H24Si/c1-6-15-9-7-8-14(2)12-16(13-15)10-11-17(3,4)5/h9,12-13H,6-8H2,1-5H3. The fourth-order valence-electron chi connectivity index (χ4n) is 1.70. The lowest BCUT2D eigenvalue weighted by Gasteiger charge is -2.08. The average molecular weight is 244 g/mol. The van der Waals surface area contributed by atoms with Gasteiger partial charge in [-0.3, -0.25) is 0 Å². The second kappa shape index (κ2) is 6.07. The van der Waals surface area contributed by atoms with Gasteiger partial charge in [0.2, 0.25) is 0 Å². The third-order valence-electron chi connectivity index (χ3n) is 2.68. The minimum atomic E-state index is -1.28. The van der Waals surface area contributed by atoms with Crippen molar-refractivity contribution in [1.29, 1.82) is 0 Å². The van der Waals surface area contributed by atoms with Gasteiger partial charge >= 0.3 is 0 Å². The van der Waals surface area contributed by atoms with E-state index in [4.69, 9.17) is 0 Å². The fraction of sp³-hybridized carbons (Fsp3) is 0.500. The van der Waals surface area contributed by atoms with E-state index in [0.717, 1.165) is 19.3 Å². The van der Waals surface area contributed by atoms with Crippen LogP contribution in [0.5, 0.6) is 0 Å². The first-order chi connectivity index (χ1) is 7.90. The summed E-state index contributed by atoms with van der Waals surface area (Å²) in [5.74, 6) is 3.38. The van der Waals surface area contributed by atoms with Gasteiger partial charge in [-0.05, 0) is 38.3 Å². The Labute approximate surface area is 108 Å². The molecule has 0 unspecified atom stereocenters. The Bertz CT molecular complexity index is 417. The highest BCUT2D eigenvalue weighted by Crippen LogP contribution is 2.17. The van der Waals surface area contributed by atoms with E-state index in [0.29, 0.717) is 0 Å². The Hall–Kier alpha value is -1.00. The van der Waals surface area contributed by atoms with E-state index in [1.54, 1.807) is 0 Å². The molecule has 17 heavy (non-hydrogen) atoms. The number of allylic oxidation sites excluding steroid dienone is 6. The normalized spacial score (nSPS) is 16.9. The zero-order chi connectivity index (χ0) is 12.9. The second-order valence-electron chi connectivity index (χ2n) is 5.76. The third-order valence-corrected chi connectivity index (χ3v) is 3.55. The summed E-state index contributed by atoms with van der Waals surface area (Å²) < 4.78 is 0. The number of hydrogen-bond acceptors (Lipinski definition) is 0. The summed E-state index contributed by atoms with van der Waals surface area (Å²) in [5.41, 5.74) is 7.51. The van der Waals surface area contributed by atoms with Crippen LogP contribution in [-0.4, -0.2) is 8.07 Å². The summed E-state index contributed by atoms with van der Waals surface area (Å²) in [6.45, 7) is 11.3. The molecule has 0 bridgehead atoms. The molecule has 0 saturated heterocycles. The smallest absolute Gasteiger partial charge is 0.127 e. The summed E-state index contributed by atoms with van der Waals surface area (Å²) >= 11 is 0. The summed E-state index contributed by atoms with van der Waals surface area (Å²) in [5, 5.41) is 0. The summed E-state index contributed by atoms with van der Waals surface area (Å²) in [7, 11) is -1.28. The van der Waals surface area contributed by atoms with E-state index in [1.807, 2.05) is 0 Å². The molecule has 1 aliphatic carbocycles. The van der Waals surface area contributed by atoms with Crippen molar-refractivity contribution in [3.63, 3.8) is 0 Å². The van der Waals surface area contributed by atoms with Crippen molar-refractivity contribution in [2.24, 2.45) is 0 Å². The molecule has 0 fully saturated rings. The van der Waals surface area contributed by atoms with Crippen LogP contribution in [0.1, 0.15) is 33.1 Å². The Morgan fingerprint density at radius 1 is 1.24 bits per heavy atom. The summed E-state index contributed by atoms with van der Waals surface area (Å²) in [4.78, 5) is 0. The van der Waals surface area contributed by atoms with Gasteiger partial charge in [-0.25, -0.2) is 0 Å². The van der Waals surface area contributed by atoms with E-state index in [-0.39, 0.29) is 0 Å². The molecule has 0 aliphatic heterocycles. The quantitative estimate of drug-likeness (QED) is 0.456. The van der Waals surface area contributed by atoms with Crippen molar-refractivity contribution < 1.29 is 0 Å². The molecule has 1 aliphatic rings. The van der Waals surface area contributed by atoms with Crippen LogP contribution in [0.2, 0.25) is 19.6 Å². The van der Waals surface area contributed by atoms with E-state index in [9.17, 15) is 0 Å². The molecule has 0 aromatic heterocycles. The predicted octanol–water partition coefficient (Wildman–Crippen LogP) is 4.87. The van der Waals surface area contributed by atoms with Gasteiger partial charge in [0.05, 0.1) is 0 Å². The molecule has 0 spiro atoms. The summed E-state index contributed by atoms with van der Waals surface area (Å²) in [6, 6.07) is 0. The third kappa shape index (κ3) is 5.75. The molecule has 0 heterocycles. The van der Waals surface area contributed by atoms with Crippen LogP contribution < -0.4 is 0 Å². The van der Waals surface area contributed by atoms with Crippen LogP contribution in [0.25, 0.3) is 0 Å². The van der Waals surface area contributed by atoms with Crippen LogP contribution in [0.15, 0.2) is 34.9 Å². The maximum absolute atomic E-state index is 3.45. The van der Waals surface area contributed by atoms with Gasteiger partial charge in [0.25, 0.3) is 0 Å². The Kier molecular flexibility index (Phi) is 5.02. The topological polar surface area (TPSA) is 0 Å². The number of hydrogen-bond donors (Lipinski definition) is 0. The SMILES string of the molecule is CCC1=CCCC(C)=CC(C#C[Si](C)(C)C)=C1. The zero-order valence-electron chi connectivity index (χ0n) is 11.9. The van der Waals surface area contributed by atoms with Crippen LogP contribution >= 0.6 is 0 Å². The highest BCUT2D eigenvalue weighted by atomic mass is 28.3. The molecular weight excluding hydrogens is 220 g/mol. The second-order valence-corrected chi connectivity index (χ2v) is 10.5. The molecule has 0 N–H and O–H groups in total. The van der Waals surface area contributed by atoms with Crippen molar-refractivity contribution in [2.75, 3.05) is 0 Å². The van der Waals surface area contributed by atoms with Crippen LogP contribution in [0.4, 0.5) is 0 Å². The molecule has 0 atom stereocenters. The van der Waals surface area contributed by atoms with Gasteiger partial charge in [-0.2, -0.15) is 0 Å². The van der Waals surface area contributed by atoms with Gasteiger partial charge in [0, 0.05) is 5.57 Å². The molecule has 0 saturated carbocycles. The highest BCUT2D eigenvalue weighted by Gasteiger charge is 2.08. The van der Waals surface area contributed by atoms with Crippen molar-refractivity contribution in [2.45, 2.75) is 52.8 Å². The zero-order valence-corrected chi connectivity index (χ0v) is 12.9. The summed E-state index contributed by atoms with van der Waals surface area (Å²) in [6.07, 6.45) is 10.3. The van der Waals surface area contributed by atoms with E-state index in [1.165, 1.54) is 16.7 Å². The van der Waals surface area contributed by atoms with Gasteiger partial charge < -0.3 is 0 Å². The Morgan fingerprint density at radius 2 is 1.94 bits per heavy atom. The first-order valence-electron chi connectivity index (χ1n) is 6.52. The molecule has 1 rings (SSSR count). The molecular formula is C16H24Si. The number of rotatable bonds is 1. The van der Waals surface area contributed by atoms with Crippen LogP contribution in [-0.2, 0) is 0 Å². The lowest BCUT2D eigenvalue weighted by Crippen LogP contribution is -2.16. The fourth-order valence-corrected chi connectivity index (χ4v) is 2.22. The Morgan fingerprint density at radius 3 is 2.53 bits per heavy atom. The minimum absolute atomic E-state index is 1.10. The van der Waals surface area contributed by atoms with Crippen molar-refractivity contribution >= 4 is 8.07 Å². The van der Waals surface area contributed by atoms with Gasteiger partial charge in [-0.15, -0.1) is 5.54 Å². The first-order valence-corrected chi connectivity index (χ1v) is 10.0. The molecule has 1 heteroatoms. The lowest BCUT2D eigenvalue weighted by atomic mass is 10.00. The first kappa shape index (κ1) is 14.1. The molecule has 0 aromatic rings. The van der Waals surface area contributed by atoms with Crippen LogP contribution in [0, 0.1) is 11.5 Å². The predicted molar refractivity (Wildman–Crippen MR) is 80.6 cm³/mol. The van der Waals surface area contributed by atoms with Crippen molar-refractivity contribution in [1.82, 2.24) is 0 Å². The molecule has 0 radical (unpaired) electrons. The maximum Gasteiger partial charge on any atom is 0.129 e. The van der Waals surface area contributed by atoms with Gasteiger partial charge in [0.15, 0.2) is 0 Å². The molecule has 92 valence electrons. The van der Waals surface area contributed by atoms with Crippen molar-refractivity contribution in [3.05, 3.63) is 34.9 Å². The van der Waals surface area contributed by atoms with Crippen LogP contribution in [0.3, 0.4) is 0 Å². The van der Waals surface area contributed by atoms with Gasteiger partial charge in [-0.1, -0.05) is 49.7 Å². The van der Waals surface area contributed by atoms with E-state index in [2.05, 4.69) is 63.2 Å². The monoisotopic (exact) mass is 244 g/mol. The highest BCUT2D eigenvalue weighted by molar-refractivity contribution is 6.83. The Balaban J connectivity index is 3.05. The van der Waals surface area contributed by atoms with Crippen molar-refractivity contribution in [3.8, 4) is 11.5 Å². The molecule has 0 aromatic carbocycles. The van der Waals surface area contributed by atoms with Gasteiger partial charge in [0.1, 0.15) is 8.07 Å². The molecule has 0 amide bonds.